The van der Waals surface area contributed by atoms with Gasteiger partial charge in [-0.25, -0.2) is 4.79 Å². The summed E-state index contributed by atoms with van der Waals surface area (Å²) in [6.45, 7) is 10.0. The van der Waals surface area contributed by atoms with Crippen molar-refractivity contribution in [3.8, 4) is 0 Å². The molecular weight excluding hydrogens is 485 g/mol. The summed E-state index contributed by atoms with van der Waals surface area (Å²) < 4.78 is 5.37. The van der Waals surface area contributed by atoms with Crippen molar-refractivity contribution < 1.29 is 14.3 Å². The van der Waals surface area contributed by atoms with E-state index in [9.17, 15) is 9.59 Å². The van der Waals surface area contributed by atoms with Crippen molar-refractivity contribution in [2.24, 2.45) is 10.9 Å². The molecule has 29 heavy (non-hydrogen) atoms. The van der Waals surface area contributed by atoms with Gasteiger partial charge in [-0.15, -0.1) is 24.0 Å². The Morgan fingerprint density at radius 1 is 1.24 bits per heavy atom. The van der Waals surface area contributed by atoms with Gasteiger partial charge in [0, 0.05) is 46.2 Å². The van der Waals surface area contributed by atoms with Crippen LogP contribution in [0.2, 0.25) is 0 Å². The highest BCUT2D eigenvalue weighted by atomic mass is 127. The number of nitrogens with one attached hydrogen (secondary N) is 3. The molecule has 1 saturated heterocycles. The van der Waals surface area contributed by atoms with Crippen molar-refractivity contribution >= 4 is 41.9 Å². The number of carbonyl (C=O) groups excluding carboxylic acids is 2. The Morgan fingerprint density at radius 3 is 2.34 bits per heavy atom. The molecule has 1 fully saturated rings. The molecule has 1 unspecified atom stereocenters. The summed E-state index contributed by atoms with van der Waals surface area (Å²) in [5, 5.41) is 9.03. The molecule has 0 radical (unpaired) electrons. The van der Waals surface area contributed by atoms with E-state index in [1.165, 1.54) is 0 Å². The maximum atomic E-state index is 12.1. The van der Waals surface area contributed by atoms with Crippen molar-refractivity contribution in [3.05, 3.63) is 0 Å². The van der Waals surface area contributed by atoms with Gasteiger partial charge in [0.25, 0.3) is 0 Å². The molecule has 0 aromatic carbocycles. The first kappa shape index (κ1) is 27.7. The van der Waals surface area contributed by atoms with Gasteiger partial charge in [0.15, 0.2) is 5.96 Å². The number of halogens is 1. The number of aliphatic imine (C=N–C) groups is 1. The molecule has 1 aliphatic heterocycles. The molecule has 0 aromatic rings. The van der Waals surface area contributed by atoms with Gasteiger partial charge in [-0.1, -0.05) is 13.3 Å². The SMILES string of the molecule is CCCC(CNC(=NC)N1CCC(CC(=O)NC)CC1)NC(=O)OC(C)(C)C.I. The average molecular weight is 525 g/mol. The molecule has 1 rings (SSSR count). The summed E-state index contributed by atoms with van der Waals surface area (Å²) >= 11 is 0. The normalized spacial score (nSPS) is 16.5. The second-order valence-electron chi connectivity index (χ2n) is 8.37. The van der Waals surface area contributed by atoms with Crippen LogP contribution < -0.4 is 16.0 Å². The minimum Gasteiger partial charge on any atom is -0.444 e. The number of guanidine groups is 1. The highest BCUT2D eigenvalue weighted by Gasteiger charge is 2.24. The summed E-state index contributed by atoms with van der Waals surface area (Å²) in [4.78, 5) is 30.2. The van der Waals surface area contributed by atoms with Gasteiger partial charge in [-0.2, -0.15) is 0 Å². The summed E-state index contributed by atoms with van der Waals surface area (Å²) in [6, 6.07) is -0.0256. The second kappa shape index (κ2) is 13.9. The number of amides is 2. The minimum atomic E-state index is -0.511. The van der Waals surface area contributed by atoms with E-state index in [4.69, 9.17) is 4.74 Å². The Bertz CT molecular complexity index is 529. The number of likely N-dealkylation sites (tertiary alicyclic amines) is 1. The van der Waals surface area contributed by atoms with Crippen LogP contribution in [0.5, 0.6) is 0 Å². The lowest BCUT2D eigenvalue weighted by Gasteiger charge is -2.34. The molecule has 0 saturated carbocycles. The van der Waals surface area contributed by atoms with Crippen molar-refractivity contribution in [1.82, 2.24) is 20.9 Å². The minimum absolute atomic E-state index is 0. The van der Waals surface area contributed by atoms with Gasteiger partial charge in [-0.3, -0.25) is 9.79 Å². The first-order valence-corrected chi connectivity index (χ1v) is 10.3. The number of nitrogens with zero attached hydrogens (tertiary/aromatic N) is 2. The Labute approximate surface area is 193 Å². The Morgan fingerprint density at radius 2 is 1.86 bits per heavy atom. The van der Waals surface area contributed by atoms with Crippen LogP contribution in [-0.4, -0.2) is 68.2 Å². The van der Waals surface area contributed by atoms with Crippen LogP contribution in [0.25, 0.3) is 0 Å². The number of hydrogen-bond acceptors (Lipinski definition) is 4. The summed E-state index contributed by atoms with van der Waals surface area (Å²) in [5.41, 5.74) is -0.511. The molecular formula is C20H40IN5O3. The molecule has 1 heterocycles. The maximum Gasteiger partial charge on any atom is 0.407 e. The lowest BCUT2D eigenvalue weighted by Crippen LogP contribution is -2.51. The van der Waals surface area contributed by atoms with Gasteiger partial charge >= 0.3 is 6.09 Å². The van der Waals surface area contributed by atoms with Crippen molar-refractivity contribution in [1.29, 1.82) is 0 Å². The van der Waals surface area contributed by atoms with Gasteiger partial charge in [-0.05, 0) is 46.0 Å². The van der Waals surface area contributed by atoms with E-state index in [-0.39, 0.29) is 35.9 Å². The van der Waals surface area contributed by atoms with Gasteiger partial charge in [0.2, 0.25) is 5.91 Å². The van der Waals surface area contributed by atoms with Gasteiger partial charge < -0.3 is 25.6 Å². The average Bonchev–Trinajstić information content (AvgIpc) is 2.61. The van der Waals surface area contributed by atoms with E-state index >= 15 is 0 Å². The van der Waals surface area contributed by atoms with E-state index in [1.54, 1.807) is 14.1 Å². The van der Waals surface area contributed by atoms with Crippen LogP contribution in [0, 0.1) is 5.92 Å². The van der Waals surface area contributed by atoms with Crippen LogP contribution >= 0.6 is 24.0 Å². The second-order valence-corrected chi connectivity index (χ2v) is 8.37. The van der Waals surface area contributed by atoms with Crippen LogP contribution in [0.4, 0.5) is 4.79 Å². The number of hydrogen-bond donors (Lipinski definition) is 3. The van der Waals surface area contributed by atoms with Crippen LogP contribution in [0.1, 0.15) is 59.8 Å². The fraction of sp³-hybridized carbons (Fsp3) is 0.850. The third-order valence-corrected chi connectivity index (χ3v) is 4.74. The Kier molecular flexibility index (Phi) is 13.3. The van der Waals surface area contributed by atoms with Crippen LogP contribution in [0.15, 0.2) is 4.99 Å². The molecule has 0 aliphatic carbocycles. The topological polar surface area (TPSA) is 95.1 Å². The number of rotatable bonds is 7. The van der Waals surface area contributed by atoms with Gasteiger partial charge in [0.05, 0.1) is 0 Å². The maximum absolute atomic E-state index is 12.1. The molecule has 170 valence electrons. The van der Waals surface area contributed by atoms with Crippen molar-refractivity contribution in [2.45, 2.75) is 71.4 Å². The van der Waals surface area contributed by atoms with Crippen molar-refractivity contribution in [2.75, 3.05) is 33.7 Å². The van der Waals surface area contributed by atoms with Crippen molar-refractivity contribution in [3.63, 3.8) is 0 Å². The molecule has 8 nitrogen and oxygen atoms in total. The molecule has 1 atom stereocenters. The zero-order valence-corrected chi connectivity index (χ0v) is 21.2. The molecule has 1 aliphatic rings. The lowest BCUT2D eigenvalue weighted by molar-refractivity contribution is -0.121. The highest BCUT2D eigenvalue weighted by Crippen LogP contribution is 2.20. The van der Waals surface area contributed by atoms with Crippen LogP contribution in [0.3, 0.4) is 0 Å². The van der Waals surface area contributed by atoms with Gasteiger partial charge in [0.1, 0.15) is 5.60 Å². The number of piperidine rings is 1. The first-order valence-electron chi connectivity index (χ1n) is 10.3. The largest absolute Gasteiger partial charge is 0.444 e. The van der Waals surface area contributed by atoms with E-state index in [1.807, 2.05) is 20.8 Å². The smallest absolute Gasteiger partial charge is 0.407 e. The standard InChI is InChI=1S/C20H39N5O3.HI/c1-7-8-16(24-19(27)28-20(2,3)4)14-23-18(22-6)25-11-9-15(10-12-25)13-17(26)21-5;/h15-16H,7-14H2,1-6H3,(H,21,26)(H,22,23)(H,24,27);1H. The molecule has 9 heteroatoms. The van der Waals surface area contributed by atoms with E-state index < -0.39 is 11.7 Å². The lowest BCUT2D eigenvalue weighted by atomic mass is 9.93. The first-order chi connectivity index (χ1) is 13.2. The number of alkyl carbamates (subject to hydrolysis) is 1. The predicted molar refractivity (Wildman–Crippen MR) is 128 cm³/mol. The Balaban J connectivity index is 0.00000784. The number of ether oxygens (including phenoxy) is 1. The molecule has 0 spiro atoms. The molecule has 0 bridgehead atoms. The zero-order chi connectivity index (χ0) is 21.2. The van der Waals surface area contributed by atoms with Crippen LogP contribution in [-0.2, 0) is 9.53 Å². The third-order valence-electron chi connectivity index (χ3n) is 4.74. The fourth-order valence-electron chi connectivity index (χ4n) is 3.31. The third kappa shape index (κ3) is 11.5. The zero-order valence-electron chi connectivity index (χ0n) is 18.8. The van der Waals surface area contributed by atoms with E-state index in [2.05, 4.69) is 32.8 Å². The summed E-state index contributed by atoms with van der Waals surface area (Å²) in [5.74, 6) is 1.37. The summed E-state index contributed by atoms with van der Waals surface area (Å²) in [6.07, 6.45) is 3.97. The molecule has 2 amide bonds. The number of carbonyl (C=O) groups is 2. The van der Waals surface area contributed by atoms with E-state index in [0.717, 1.165) is 44.7 Å². The highest BCUT2D eigenvalue weighted by molar-refractivity contribution is 14.0. The molecule has 0 aromatic heterocycles. The monoisotopic (exact) mass is 525 g/mol. The quantitative estimate of drug-likeness (QED) is 0.270. The van der Waals surface area contributed by atoms with E-state index in [0.29, 0.717) is 18.9 Å². The fourth-order valence-corrected chi connectivity index (χ4v) is 3.31. The summed E-state index contributed by atoms with van der Waals surface area (Å²) in [7, 11) is 3.45. The Hall–Kier alpha value is -1.26. The molecule has 3 N–H and O–H groups in total. The predicted octanol–water partition coefficient (Wildman–Crippen LogP) is 2.72.